The van der Waals surface area contributed by atoms with Crippen molar-refractivity contribution in [2.75, 3.05) is 14.2 Å². The quantitative estimate of drug-likeness (QED) is 0.520. The zero-order chi connectivity index (χ0) is 23.1. The van der Waals surface area contributed by atoms with Gasteiger partial charge in [-0.05, 0) is 48.5 Å². The molecule has 0 aliphatic heterocycles. The summed E-state index contributed by atoms with van der Waals surface area (Å²) < 4.78 is 9.71. The SMILES string of the molecule is COc1ccc(C(=O)O)cc1.COc1ccc(C(=O)O)cc1.NC(=O)CCC(N)=O. The number of primary amides is 2. The molecular formula is C20H24N2O8. The van der Waals surface area contributed by atoms with E-state index in [4.69, 9.17) is 31.2 Å². The zero-order valence-corrected chi connectivity index (χ0v) is 16.5. The molecule has 2 aromatic rings. The van der Waals surface area contributed by atoms with Gasteiger partial charge in [0, 0.05) is 12.8 Å². The summed E-state index contributed by atoms with van der Waals surface area (Å²) in [5.74, 6) is -1.52. The van der Waals surface area contributed by atoms with E-state index in [2.05, 4.69) is 0 Å². The predicted octanol–water partition coefficient (Wildman–Crippen LogP) is 1.52. The third kappa shape index (κ3) is 11.6. The normalized spacial score (nSPS) is 9.00. The van der Waals surface area contributed by atoms with Crippen molar-refractivity contribution in [2.24, 2.45) is 11.5 Å². The van der Waals surface area contributed by atoms with Gasteiger partial charge in [0.1, 0.15) is 11.5 Å². The van der Waals surface area contributed by atoms with Gasteiger partial charge in [-0.2, -0.15) is 0 Å². The summed E-state index contributed by atoms with van der Waals surface area (Å²) >= 11 is 0. The van der Waals surface area contributed by atoms with E-state index in [1.165, 1.54) is 38.5 Å². The molecule has 0 aliphatic rings. The minimum atomic E-state index is -0.923. The van der Waals surface area contributed by atoms with Crippen LogP contribution in [0.15, 0.2) is 48.5 Å². The fourth-order valence-corrected chi connectivity index (χ4v) is 1.71. The Labute approximate surface area is 173 Å². The van der Waals surface area contributed by atoms with Crippen LogP contribution in [0.1, 0.15) is 33.6 Å². The Morgan fingerprint density at radius 1 is 0.667 bits per heavy atom. The standard InChI is InChI=1S/2C8H8O3.C4H8N2O2/c2*1-11-7-4-2-6(3-5-7)8(9)10;5-3(7)1-2-4(6)8/h2*2-5H,1H3,(H,9,10);1-2H2,(H2,5,7)(H2,6,8). The lowest BCUT2D eigenvalue weighted by Gasteiger charge is -1.98. The Kier molecular flexibility index (Phi) is 12.1. The van der Waals surface area contributed by atoms with E-state index in [9.17, 15) is 19.2 Å². The van der Waals surface area contributed by atoms with Crippen molar-refractivity contribution in [2.45, 2.75) is 12.8 Å². The molecule has 2 rings (SSSR count). The summed E-state index contributed by atoms with van der Waals surface area (Å²) in [7, 11) is 3.07. The molecule has 10 heteroatoms. The number of hydrogen-bond acceptors (Lipinski definition) is 6. The summed E-state index contributed by atoms with van der Waals surface area (Å²) in [6, 6.07) is 12.5. The van der Waals surface area contributed by atoms with E-state index >= 15 is 0 Å². The zero-order valence-electron chi connectivity index (χ0n) is 16.5. The molecule has 162 valence electrons. The first-order chi connectivity index (χ1) is 14.1. The van der Waals surface area contributed by atoms with E-state index in [1.807, 2.05) is 0 Å². The van der Waals surface area contributed by atoms with E-state index < -0.39 is 23.8 Å². The highest BCUT2D eigenvalue weighted by Crippen LogP contribution is 2.11. The smallest absolute Gasteiger partial charge is 0.335 e. The van der Waals surface area contributed by atoms with Crippen LogP contribution >= 0.6 is 0 Å². The molecule has 0 bridgehead atoms. The number of methoxy groups -OCH3 is 2. The molecule has 0 aliphatic carbocycles. The molecule has 0 spiro atoms. The number of benzene rings is 2. The molecule has 0 saturated carbocycles. The maximum atomic E-state index is 10.4. The molecule has 30 heavy (non-hydrogen) atoms. The lowest BCUT2D eigenvalue weighted by Crippen LogP contribution is -2.16. The molecule has 0 radical (unpaired) electrons. The second kappa shape index (κ2) is 14.0. The molecule has 0 atom stereocenters. The molecule has 0 heterocycles. The van der Waals surface area contributed by atoms with Gasteiger partial charge >= 0.3 is 11.9 Å². The second-order valence-corrected chi connectivity index (χ2v) is 5.50. The highest BCUT2D eigenvalue weighted by Gasteiger charge is 2.01. The Balaban J connectivity index is 0.000000428. The second-order valence-electron chi connectivity index (χ2n) is 5.50. The van der Waals surface area contributed by atoms with Crippen LogP contribution in [0.4, 0.5) is 0 Å². The third-order valence-electron chi connectivity index (χ3n) is 3.29. The number of carbonyl (C=O) groups excluding carboxylic acids is 2. The number of carboxylic acid groups (broad SMARTS) is 2. The maximum Gasteiger partial charge on any atom is 0.335 e. The van der Waals surface area contributed by atoms with Gasteiger partial charge in [-0.15, -0.1) is 0 Å². The fraction of sp³-hybridized carbons (Fsp3) is 0.200. The summed E-state index contributed by atoms with van der Waals surface area (Å²) in [6.07, 6.45) is 0.102. The van der Waals surface area contributed by atoms with Crippen molar-refractivity contribution >= 4 is 23.8 Å². The minimum absolute atomic E-state index is 0.0509. The van der Waals surface area contributed by atoms with Crippen LogP contribution in [0.2, 0.25) is 0 Å². The van der Waals surface area contributed by atoms with Gasteiger partial charge in [-0.25, -0.2) is 9.59 Å². The fourth-order valence-electron chi connectivity index (χ4n) is 1.71. The Bertz CT molecular complexity index is 761. The van der Waals surface area contributed by atoms with E-state index in [1.54, 1.807) is 24.3 Å². The molecule has 10 nitrogen and oxygen atoms in total. The van der Waals surface area contributed by atoms with Gasteiger partial charge in [-0.1, -0.05) is 0 Å². The molecule has 2 amide bonds. The van der Waals surface area contributed by atoms with Crippen LogP contribution in [0.5, 0.6) is 11.5 Å². The van der Waals surface area contributed by atoms with Gasteiger partial charge in [0.25, 0.3) is 0 Å². The van der Waals surface area contributed by atoms with Crippen molar-refractivity contribution in [3.63, 3.8) is 0 Å². The molecule has 0 aromatic heterocycles. The molecule has 0 fully saturated rings. The minimum Gasteiger partial charge on any atom is -0.497 e. The van der Waals surface area contributed by atoms with E-state index in [0.717, 1.165) is 0 Å². The number of nitrogens with two attached hydrogens (primary N) is 2. The molecule has 6 N–H and O–H groups in total. The van der Waals surface area contributed by atoms with Gasteiger partial charge in [0.05, 0.1) is 25.3 Å². The number of aromatic carboxylic acids is 2. The number of carboxylic acids is 2. The first kappa shape index (κ1) is 25.9. The number of carbonyl (C=O) groups is 4. The van der Waals surface area contributed by atoms with Crippen molar-refractivity contribution in [1.29, 1.82) is 0 Å². The van der Waals surface area contributed by atoms with Crippen molar-refractivity contribution in [3.8, 4) is 11.5 Å². The van der Waals surface area contributed by atoms with Crippen LogP contribution in [0.25, 0.3) is 0 Å². The van der Waals surface area contributed by atoms with Crippen LogP contribution in [0, 0.1) is 0 Å². The Hall–Kier alpha value is -4.08. The summed E-state index contributed by atoms with van der Waals surface area (Å²) in [5.41, 5.74) is 9.93. The summed E-state index contributed by atoms with van der Waals surface area (Å²) in [5, 5.41) is 17.0. The number of amides is 2. The molecule has 2 aromatic carbocycles. The van der Waals surface area contributed by atoms with Crippen molar-refractivity contribution < 1.29 is 38.9 Å². The van der Waals surface area contributed by atoms with Crippen LogP contribution in [-0.4, -0.2) is 48.2 Å². The topological polar surface area (TPSA) is 179 Å². The van der Waals surface area contributed by atoms with E-state index in [0.29, 0.717) is 11.5 Å². The monoisotopic (exact) mass is 420 g/mol. The highest BCUT2D eigenvalue weighted by atomic mass is 16.5. The first-order valence-corrected chi connectivity index (χ1v) is 8.42. The van der Waals surface area contributed by atoms with Gasteiger partial charge in [-0.3, -0.25) is 9.59 Å². The summed E-state index contributed by atoms with van der Waals surface area (Å²) in [4.78, 5) is 40.6. The van der Waals surface area contributed by atoms with Crippen LogP contribution in [0.3, 0.4) is 0 Å². The van der Waals surface area contributed by atoms with Crippen molar-refractivity contribution in [1.82, 2.24) is 0 Å². The van der Waals surface area contributed by atoms with Gasteiger partial charge < -0.3 is 31.2 Å². The largest absolute Gasteiger partial charge is 0.497 e. The first-order valence-electron chi connectivity index (χ1n) is 8.42. The third-order valence-corrected chi connectivity index (χ3v) is 3.29. The lowest BCUT2D eigenvalue weighted by molar-refractivity contribution is -0.123. The molecular weight excluding hydrogens is 396 g/mol. The maximum absolute atomic E-state index is 10.4. The number of ether oxygens (including phenoxy) is 2. The van der Waals surface area contributed by atoms with E-state index in [-0.39, 0.29) is 24.0 Å². The molecule has 0 unspecified atom stereocenters. The Morgan fingerprint density at radius 3 is 1.10 bits per heavy atom. The number of hydrogen-bond donors (Lipinski definition) is 4. The predicted molar refractivity (Wildman–Crippen MR) is 108 cm³/mol. The van der Waals surface area contributed by atoms with Crippen LogP contribution in [-0.2, 0) is 9.59 Å². The van der Waals surface area contributed by atoms with Crippen molar-refractivity contribution in [3.05, 3.63) is 59.7 Å². The van der Waals surface area contributed by atoms with Gasteiger partial charge in [0.15, 0.2) is 0 Å². The average Bonchev–Trinajstić information content (AvgIpc) is 2.73. The van der Waals surface area contributed by atoms with Gasteiger partial charge in [0.2, 0.25) is 11.8 Å². The Morgan fingerprint density at radius 2 is 0.933 bits per heavy atom. The molecule has 0 saturated heterocycles. The van der Waals surface area contributed by atoms with Crippen LogP contribution < -0.4 is 20.9 Å². The highest BCUT2D eigenvalue weighted by molar-refractivity contribution is 5.88. The lowest BCUT2D eigenvalue weighted by atomic mass is 10.2. The number of rotatable bonds is 7. The summed E-state index contributed by atoms with van der Waals surface area (Å²) in [6.45, 7) is 0. The average molecular weight is 420 g/mol.